The highest BCUT2D eigenvalue weighted by atomic mass is 16.5. The fraction of sp³-hybridized carbons (Fsp3) is 0.280. The van der Waals surface area contributed by atoms with Crippen molar-refractivity contribution in [3.05, 3.63) is 77.4 Å². The van der Waals surface area contributed by atoms with Crippen molar-refractivity contribution < 1.29 is 24.3 Å². The van der Waals surface area contributed by atoms with Crippen molar-refractivity contribution in [2.24, 2.45) is 0 Å². The van der Waals surface area contributed by atoms with E-state index in [9.17, 15) is 9.59 Å². The number of rotatable bonds is 2. The van der Waals surface area contributed by atoms with Gasteiger partial charge in [0.1, 0.15) is 12.4 Å². The Morgan fingerprint density at radius 3 is 2.55 bits per heavy atom. The molecule has 0 radical (unpaired) electrons. The first-order valence-corrected chi connectivity index (χ1v) is 11.0. The van der Waals surface area contributed by atoms with Crippen molar-refractivity contribution in [2.45, 2.75) is 12.6 Å². The van der Waals surface area contributed by atoms with Crippen molar-refractivity contribution in [1.82, 2.24) is 15.3 Å². The number of ether oxygens (including phenoxy) is 2. The summed E-state index contributed by atoms with van der Waals surface area (Å²) >= 11 is 0. The molecule has 0 bridgehead atoms. The lowest BCUT2D eigenvalue weighted by atomic mass is 10.0. The molecule has 0 aromatic heterocycles. The van der Waals surface area contributed by atoms with Crippen LogP contribution in [0.25, 0.3) is 10.8 Å². The molecule has 3 aromatic carbocycles. The second-order valence-corrected chi connectivity index (χ2v) is 8.21. The zero-order valence-electron chi connectivity index (χ0n) is 18.1. The van der Waals surface area contributed by atoms with E-state index in [0.29, 0.717) is 38.6 Å². The maximum Gasteiger partial charge on any atom is 0.321 e. The minimum absolute atomic E-state index is 0.0647. The summed E-state index contributed by atoms with van der Waals surface area (Å²) < 4.78 is 11.6. The highest BCUT2D eigenvalue weighted by Gasteiger charge is 2.33. The minimum atomic E-state index is -0.613. The van der Waals surface area contributed by atoms with Gasteiger partial charge in [-0.25, -0.2) is 10.3 Å². The lowest BCUT2D eigenvalue weighted by Gasteiger charge is -2.36. The van der Waals surface area contributed by atoms with Crippen LogP contribution in [0.4, 0.5) is 4.79 Å². The number of carbonyl (C=O) groups excluding carboxylic acids is 2. The van der Waals surface area contributed by atoms with Crippen LogP contribution in [-0.2, 0) is 11.3 Å². The topological polar surface area (TPSA) is 91.3 Å². The quantitative estimate of drug-likeness (QED) is 0.464. The van der Waals surface area contributed by atoms with Gasteiger partial charge in [0, 0.05) is 24.2 Å². The number of benzene rings is 3. The molecule has 2 aliphatic heterocycles. The van der Waals surface area contributed by atoms with Gasteiger partial charge < -0.3 is 19.3 Å². The van der Waals surface area contributed by atoms with Crippen LogP contribution in [0.1, 0.15) is 27.5 Å². The molecule has 170 valence electrons. The van der Waals surface area contributed by atoms with Crippen molar-refractivity contribution in [3.8, 4) is 5.75 Å². The van der Waals surface area contributed by atoms with E-state index in [2.05, 4.69) is 24.3 Å². The molecule has 1 fully saturated rings. The van der Waals surface area contributed by atoms with Crippen LogP contribution < -0.4 is 10.2 Å². The number of fused-ring (bicyclic) bond motifs is 2. The van der Waals surface area contributed by atoms with Crippen molar-refractivity contribution in [3.63, 3.8) is 0 Å². The summed E-state index contributed by atoms with van der Waals surface area (Å²) in [6.07, 6.45) is 0. The largest absolute Gasteiger partial charge is 0.491 e. The summed E-state index contributed by atoms with van der Waals surface area (Å²) in [5.41, 5.74) is 3.71. The lowest BCUT2D eigenvalue weighted by Crippen LogP contribution is -2.49. The van der Waals surface area contributed by atoms with Gasteiger partial charge in [0.15, 0.2) is 0 Å². The number of hydroxylamine groups is 1. The van der Waals surface area contributed by atoms with Crippen LogP contribution in [0.5, 0.6) is 5.75 Å². The Bertz CT molecular complexity index is 1190. The van der Waals surface area contributed by atoms with E-state index in [1.165, 1.54) is 0 Å². The van der Waals surface area contributed by atoms with E-state index in [1.54, 1.807) is 23.7 Å². The Kier molecular flexibility index (Phi) is 5.85. The highest BCUT2D eigenvalue weighted by Crippen LogP contribution is 2.34. The first-order valence-electron chi connectivity index (χ1n) is 11.0. The average Bonchev–Trinajstić information content (AvgIpc) is 3.07. The molecule has 8 nitrogen and oxygen atoms in total. The molecular weight excluding hydrogens is 422 g/mol. The second-order valence-electron chi connectivity index (χ2n) is 8.21. The molecule has 3 amide bonds. The second kappa shape index (κ2) is 9.09. The molecule has 33 heavy (non-hydrogen) atoms. The predicted octanol–water partition coefficient (Wildman–Crippen LogP) is 3.35. The van der Waals surface area contributed by atoms with Gasteiger partial charge in [-0.05, 0) is 34.5 Å². The number of urea groups is 1. The van der Waals surface area contributed by atoms with E-state index in [4.69, 9.17) is 14.7 Å². The van der Waals surface area contributed by atoms with Crippen LogP contribution in [-0.4, -0.2) is 59.9 Å². The number of hydrogen-bond acceptors (Lipinski definition) is 5. The summed E-state index contributed by atoms with van der Waals surface area (Å²) in [5, 5.41) is 11.2. The maximum atomic E-state index is 13.6. The third-order valence-electron chi connectivity index (χ3n) is 6.23. The normalized spacial score (nSPS) is 18.3. The van der Waals surface area contributed by atoms with E-state index in [1.807, 2.05) is 28.0 Å². The molecule has 1 saturated heterocycles. The Morgan fingerprint density at radius 1 is 0.970 bits per heavy atom. The maximum absolute atomic E-state index is 13.6. The molecule has 0 spiro atoms. The standard InChI is InChI=1S/C25H25N3O5/c29-24(26-31)20-7-8-21-15-28(25(30)27-9-11-32-12-10-27)22(16-33-23(21)14-20)19-6-5-17-3-1-2-4-18(17)13-19/h1-8,13-14,22,31H,9-12,15-16H2,(H,26,29). The van der Waals surface area contributed by atoms with Gasteiger partial charge in [0.05, 0.1) is 25.8 Å². The molecule has 5 rings (SSSR count). The summed E-state index contributed by atoms with van der Waals surface area (Å²) in [6.45, 7) is 2.71. The SMILES string of the molecule is O=C(NO)c1ccc2c(c1)OCC(c1ccc3ccccc3c1)N(C(=O)N1CCOCC1)C2. The lowest BCUT2D eigenvalue weighted by molar-refractivity contribution is 0.0362. The number of morpholine rings is 1. The van der Waals surface area contributed by atoms with Crippen molar-refractivity contribution in [2.75, 3.05) is 32.9 Å². The molecule has 8 heteroatoms. The molecule has 1 unspecified atom stereocenters. The Balaban J connectivity index is 1.53. The van der Waals surface area contributed by atoms with Gasteiger partial charge in [-0.2, -0.15) is 0 Å². The molecule has 2 N–H and O–H groups in total. The number of amides is 3. The number of nitrogens with zero attached hydrogens (tertiary/aromatic N) is 2. The molecule has 1 atom stereocenters. The third-order valence-corrected chi connectivity index (χ3v) is 6.23. The van der Waals surface area contributed by atoms with E-state index < -0.39 is 5.91 Å². The average molecular weight is 447 g/mol. The van der Waals surface area contributed by atoms with E-state index in [0.717, 1.165) is 21.9 Å². The molecule has 2 heterocycles. The Labute approximate surface area is 191 Å². The van der Waals surface area contributed by atoms with Gasteiger partial charge in [-0.3, -0.25) is 10.0 Å². The number of hydrogen-bond donors (Lipinski definition) is 2. The molecular formula is C25H25N3O5. The van der Waals surface area contributed by atoms with Gasteiger partial charge in [-0.1, -0.05) is 42.5 Å². The zero-order valence-corrected chi connectivity index (χ0v) is 18.1. The minimum Gasteiger partial charge on any atom is -0.491 e. The molecule has 3 aromatic rings. The summed E-state index contributed by atoms with van der Waals surface area (Å²) in [4.78, 5) is 29.2. The first-order chi connectivity index (χ1) is 16.1. The fourth-order valence-electron chi connectivity index (χ4n) is 4.41. The van der Waals surface area contributed by atoms with Crippen molar-refractivity contribution in [1.29, 1.82) is 0 Å². The van der Waals surface area contributed by atoms with Gasteiger partial charge in [0.2, 0.25) is 0 Å². The van der Waals surface area contributed by atoms with Crippen LogP contribution in [0, 0.1) is 0 Å². The van der Waals surface area contributed by atoms with E-state index >= 15 is 0 Å². The van der Waals surface area contributed by atoms with Gasteiger partial charge in [0.25, 0.3) is 5.91 Å². The third kappa shape index (κ3) is 4.22. The fourth-order valence-corrected chi connectivity index (χ4v) is 4.41. The predicted molar refractivity (Wildman–Crippen MR) is 121 cm³/mol. The molecule has 0 aliphatic carbocycles. The first kappa shape index (κ1) is 21.2. The summed E-state index contributed by atoms with van der Waals surface area (Å²) in [7, 11) is 0. The number of nitrogens with one attached hydrogen (secondary N) is 1. The highest BCUT2D eigenvalue weighted by molar-refractivity contribution is 5.94. The smallest absolute Gasteiger partial charge is 0.321 e. The Hall–Kier alpha value is -3.62. The summed E-state index contributed by atoms with van der Waals surface area (Å²) in [5.74, 6) is -0.0860. The van der Waals surface area contributed by atoms with Crippen LogP contribution in [0.2, 0.25) is 0 Å². The molecule has 0 saturated carbocycles. The van der Waals surface area contributed by atoms with Crippen LogP contribution >= 0.6 is 0 Å². The zero-order chi connectivity index (χ0) is 22.8. The molecule has 2 aliphatic rings. The van der Waals surface area contributed by atoms with Gasteiger partial charge >= 0.3 is 6.03 Å². The van der Waals surface area contributed by atoms with Crippen molar-refractivity contribution >= 4 is 22.7 Å². The Morgan fingerprint density at radius 2 is 1.76 bits per heavy atom. The van der Waals surface area contributed by atoms with E-state index in [-0.39, 0.29) is 24.2 Å². The van der Waals surface area contributed by atoms with Crippen LogP contribution in [0.3, 0.4) is 0 Å². The monoisotopic (exact) mass is 447 g/mol. The van der Waals surface area contributed by atoms with Gasteiger partial charge in [-0.15, -0.1) is 0 Å². The number of carbonyl (C=O) groups is 2. The summed E-state index contributed by atoms with van der Waals surface area (Å²) in [6, 6.07) is 18.9. The van der Waals surface area contributed by atoms with Crippen LogP contribution in [0.15, 0.2) is 60.7 Å².